The molecule has 1 N–H and O–H groups in total. The van der Waals surface area contributed by atoms with E-state index in [1.165, 1.54) is 0 Å². The molecule has 1 saturated heterocycles. The molecule has 0 amide bonds. The Kier molecular flexibility index (Phi) is 5.31. The Bertz CT molecular complexity index is 120. The first kappa shape index (κ1) is 10.9. The standard InChI is InChI=1S/C9H19NO3/c1-3-10-8(7-11-2)6-9-12-4-5-13-9/h8-10H,3-7H2,1-2H3. The zero-order valence-electron chi connectivity index (χ0n) is 8.41. The Morgan fingerprint density at radius 2 is 2.15 bits per heavy atom. The zero-order chi connectivity index (χ0) is 9.52. The average Bonchev–Trinajstić information content (AvgIpc) is 2.58. The molecule has 0 aromatic rings. The van der Waals surface area contributed by atoms with Crippen molar-refractivity contribution in [2.75, 3.05) is 33.5 Å². The first-order chi connectivity index (χ1) is 6.36. The van der Waals surface area contributed by atoms with Crippen molar-refractivity contribution in [2.45, 2.75) is 25.7 Å². The summed E-state index contributed by atoms with van der Waals surface area (Å²) in [5.41, 5.74) is 0. The second kappa shape index (κ2) is 6.32. The van der Waals surface area contributed by atoms with Crippen molar-refractivity contribution in [3.05, 3.63) is 0 Å². The van der Waals surface area contributed by atoms with Crippen LogP contribution in [0.3, 0.4) is 0 Å². The molecule has 1 fully saturated rings. The van der Waals surface area contributed by atoms with E-state index in [0.29, 0.717) is 12.6 Å². The molecule has 0 aliphatic carbocycles. The molecule has 1 aliphatic heterocycles. The summed E-state index contributed by atoms with van der Waals surface area (Å²) in [6.45, 7) is 5.17. The van der Waals surface area contributed by atoms with Gasteiger partial charge < -0.3 is 19.5 Å². The van der Waals surface area contributed by atoms with Gasteiger partial charge in [-0.1, -0.05) is 6.92 Å². The minimum Gasteiger partial charge on any atom is -0.383 e. The Hall–Kier alpha value is -0.160. The van der Waals surface area contributed by atoms with Gasteiger partial charge in [0.2, 0.25) is 0 Å². The molecule has 78 valence electrons. The Labute approximate surface area is 79.5 Å². The van der Waals surface area contributed by atoms with Crippen LogP contribution >= 0.6 is 0 Å². The third kappa shape index (κ3) is 4.04. The molecule has 0 aromatic carbocycles. The maximum absolute atomic E-state index is 5.36. The van der Waals surface area contributed by atoms with Gasteiger partial charge in [0.25, 0.3) is 0 Å². The largest absolute Gasteiger partial charge is 0.383 e. The molecule has 1 heterocycles. The second-order valence-corrected chi connectivity index (χ2v) is 3.12. The lowest BCUT2D eigenvalue weighted by molar-refractivity contribution is -0.0569. The van der Waals surface area contributed by atoms with Crippen molar-refractivity contribution in [1.29, 1.82) is 0 Å². The van der Waals surface area contributed by atoms with Crippen molar-refractivity contribution in [2.24, 2.45) is 0 Å². The topological polar surface area (TPSA) is 39.7 Å². The smallest absolute Gasteiger partial charge is 0.159 e. The third-order valence-electron chi connectivity index (χ3n) is 2.03. The molecule has 0 radical (unpaired) electrons. The van der Waals surface area contributed by atoms with E-state index in [0.717, 1.165) is 26.2 Å². The summed E-state index contributed by atoms with van der Waals surface area (Å²) in [5, 5.41) is 3.33. The summed E-state index contributed by atoms with van der Waals surface area (Å²) in [7, 11) is 1.71. The first-order valence-electron chi connectivity index (χ1n) is 4.82. The molecule has 4 heteroatoms. The van der Waals surface area contributed by atoms with Crippen LogP contribution < -0.4 is 5.32 Å². The van der Waals surface area contributed by atoms with Crippen molar-refractivity contribution in [3.63, 3.8) is 0 Å². The Morgan fingerprint density at radius 1 is 1.46 bits per heavy atom. The molecule has 1 atom stereocenters. The molecular formula is C9H19NO3. The summed E-state index contributed by atoms with van der Waals surface area (Å²) in [5.74, 6) is 0. The highest BCUT2D eigenvalue weighted by molar-refractivity contribution is 4.68. The molecule has 0 saturated carbocycles. The van der Waals surface area contributed by atoms with Crippen LogP contribution in [-0.4, -0.2) is 45.8 Å². The van der Waals surface area contributed by atoms with E-state index in [1.54, 1.807) is 7.11 Å². The van der Waals surface area contributed by atoms with Gasteiger partial charge >= 0.3 is 0 Å². The normalized spacial score (nSPS) is 20.8. The average molecular weight is 189 g/mol. The fourth-order valence-corrected chi connectivity index (χ4v) is 1.48. The van der Waals surface area contributed by atoms with Crippen LogP contribution in [0.15, 0.2) is 0 Å². The van der Waals surface area contributed by atoms with Crippen LogP contribution in [0, 0.1) is 0 Å². The minimum absolute atomic E-state index is 0.0424. The number of likely N-dealkylation sites (N-methyl/N-ethyl adjacent to an activating group) is 1. The van der Waals surface area contributed by atoms with Crippen molar-refractivity contribution < 1.29 is 14.2 Å². The maximum atomic E-state index is 5.36. The van der Waals surface area contributed by atoms with Crippen molar-refractivity contribution >= 4 is 0 Å². The first-order valence-corrected chi connectivity index (χ1v) is 4.82. The van der Waals surface area contributed by atoms with Gasteiger partial charge in [-0.3, -0.25) is 0 Å². The monoisotopic (exact) mass is 189 g/mol. The zero-order valence-corrected chi connectivity index (χ0v) is 8.41. The highest BCUT2D eigenvalue weighted by Crippen LogP contribution is 2.10. The van der Waals surface area contributed by atoms with Gasteiger partial charge in [-0.05, 0) is 6.54 Å². The molecule has 13 heavy (non-hydrogen) atoms. The van der Waals surface area contributed by atoms with Crippen LogP contribution in [0.5, 0.6) is 0 Å². The van der Waals surface area contributed by atoms with Gasteiger partial charge in [-0.25, -0.2) is 0 Å². The van der Waals surface area contributed by atoms with Crippen molar-refractivity contribution in [1.82, 2.24) is 5.32 Å². The molecule has 1 aliphatic rings. The summed E-state index contributed by atoms with van der Waals surface area (Å²) >= 11 is 0. The predicted molar refractivity (Wildman–Crippen MR) is 49.6 cm³/mol. The maximum Gasteiger partial charge on any atom is 0.159 e. The van der Waals surface area contributed by atoms with E-state index in [1.807, 2.05) is 0 Å². The second-order valence-electron chi connectivity index (χ2n) is 3.12. The van der Waals surface area contributed by atoms with Gasteiger partial charge in [-0.15, -0.1) is 0 Å². The Morgan fingerprint density at radius 3 is 2.69 bits per heavy atom. The van der Waals surface area contributed by atoms with E-state index in [-0.39, 0.29) is 6.29 Å². The van der Waals surface area contributed by atoms with Gasteiger partial charge in [0.05, 0.1) is 19.8 Å². The van der Waals surface area contributed by atoms with Gasteiger partial charge in [0.1, 0.15) is 0 Å². The van der Waals surface area contributed by atoms with E-state index in [4.69, 9.17) is 14.2 Å². The van der Waals surface area contributed by atoms with E-state index in [2.05, 4.69) is 12.2 Å². The number of hydrogen-bond acceptors (Lipinski definition) is 4. The highest BCUT2D eigenvalue weighted by atomic mass is 16.7. The summed E-state index contributed by atoms with van der Waals surface area (Å²) in [6, 6.07) is 0.332. The SMILES string of the molecule is CCNC(COC)CC1OCCO1. The third-order valence-corrected chi connectivity index (χ3v) is 2.03. The number of rotatable bonds is 6. The quantitative estimate of drug-likeness (QED) is 0.655. The van der Waals surface area contributed by atoms with Gasteiger partial charge in [0.15, 0.2) is 6.29 Å². The highest BCUT2D eigenvalue weighted by Gasteiger charge is 2.20. The number of hydrogen-bond donors (Lipinski definition) is 1. The summed E-state index contributed by atoms with van der Waals surface area (Å²) in [4.78, 5) is 0. The van der Waals surface area contributed by atoms with Crippen LogP contribution in [0.4, 0.5) is 0 Å². The van der Waals surface area contributed by atoms with Crippen LogP contribution in [0.2, 0.25) is 0 Å². The van der Waals surface area contributed by atoms with E-state index >= 15 is 0 Å². The lowest BCUT2D eigenvalue weighted by Gasteiger charge is -2.19. The van der Waals surface area contributed by atoms with Crippen LogP contribution in [0.1, 0.15) is 13.3 Å². The molecule has 1 unspecified atom stereocenters. The molecule has 0 aromatic heterocycles. The fraction of sp³-hybridized carbons (Fsp3) is 1.00. The van der Waals surface area contributed by atoms with Crippen LogP contribution in [0.25, 0.3) is 0 Å². The van der Waals surface area contributed by atoms with Crippen molar-refractivity contribution in [3.8, 4) is 0 Å². The van der Waals surface area contributed by atoms with E-state index in [9.17, 15) is 0 Å². The molecule has 0 bridgehead atoms. The number of ether oxygens (including phenoxy) is 3. The molecule has 1 rings (SSSR count). The lowest BCUT2D eigenvalue weighted by Crippen LogP contribution is -2.36. The molecule has 4 nitrogen and oxygen atoms in total. The Balaban J connectivity index is 2.19. The van der Waals surface area contributed by atoms with Crippen LogP contribution in [-0.2, 0) is 14.2 Å². The van der Waals surface area contributed by atoms with Gasteiger partial charge in [0, 0.05) is 19.6 Å². The fourth-order valence-electron chi connectivity index (χ4n) is 1.48. The number of nitrogens with one attached hydrogen (secondary N) is 1. The summed E-state index contributed by atoms with van der Waals surface area (Å²) in [6.07, 6.45) is 0.820. The van der Waals surface area contributed by atoms with E-state index < -0.39 is 0 Å². The number of methoxy groups -OCH3 is 1. The lowest BCUT2D eigenvalue weighted by atomic mass is 10.2. The predicted octanol–water partition coefficient (Wildman–Crippen LogP) is 0.374. The molecule has 0 spiro atoms. The molecular weight excluding hydrogens is 170 g/mol. The minimum atomic E-state index is -0.0424. The van der Waals surface area contributed by atoms with Gasteiger partial charge in [-0.2, -0.15) is 0 Å². The summed E-state index contributed by atoms with van der Waals surface area (Å²) < 4.78 is 15.8.